The molecule has 1 aliphatic heterocycles. The molecular formula is C13H24N2O3. The highest BCUT2D eigenvalue weighted by molar-refractivity contribution is 5.76. The van der Waals surface area contributed by atoms with Crippen molar-refractivity contribution in [3.8, 4) is 0 Å². The summed E-state index contributed by atoms with van der Waals surface area (Å²) in [5.74, 6) is -0.316. The Morgan fingerprint density at radius 3 is 2.83 bits per heavy atom. The monoisotopic (exact) mass is 256 g/mol. The van der Waals surface area contributed by atoms with E-state index in [2.05, 4.69) is 10.6 Å². The van der Waals surface area contributed by atoms with Crippen LogP contribution in [0.15, 0.2) is 0 Å². The highest BCUT2D eigenvalue weighted by Gasteiger charge is 2.17. The van der Waals surface area contributed by atoms with Crippen LogP contribution in [-0.2, 0) is 9.59 Å². The summed E-state index contributed by atoms with van der Waals surface area (Å²) in [6.45, 7) is 3.68. The van der Waals surface area contributed by atoms with Crippen molar-refractivity contribution < 1.29 is 14.7 Å². The first-order valence-electron chi connectivity index (χ1n) is 6.80. The number of carboxylic acid groups (broad SMARTS) is 1. The lowest BCUT2D eigenvalue weighted by Crippen LogP contribution is -2.32. The second-order valence-electron chi connectivity index (χ2n) is 5.17. The Morgan fingerprint density at radius 2 is 2.22 bits per heavy atom. The molecule has 3 N–H and O–H groups in total. The van der Waals surface area contributed by atoms with Crippen LogP contribution < -0.4 is 10.6 Å². The Bertz CT molecular complexity index is 275. The van der Waals surface area contributed by atoms with Gasteiger partial charge in [-0.25, -0.2) is 0 Å². The molecule has 5 heteroatoms. The molecule has 0 saturated carbocycles. The van der Waals surface area contributed by atoms with Crippen LogP contribution in [0.1, 0.15) is 45.4 Å². The molecule has 1 amide bonds. The lowest BCUT2D eigenvalue weighted by Gasteiger charge is -2.13. The van der Waals surface area contributed by atoms with E-state index in [0.29, 0.717) is 31.3 Å². The second kappa shape index (κ2) is 8.08. The maximum absolute atomic E-state index is 11.6. The summed E-state index contributed by atoms with van der Waals surface area (Å²) in [7, 11) is 0. The van der Waals surface area contributed by atoms with Crippen LogP contribution in [0.25, 0.3) is 0 Å². The smallest absolute Gasteiger partial charge is 0.303 e. The first-order chi connectivity index (χ1) is 8.58. The molecule has 0 bridgehead atoms. The molecule has 18 heavy (non-hydrogen) atoms. The molecule has 1 heterocycles. The van der Waals surface area contributed by atoms with Gasteiger partial charge in [0.2, 0.25) is 5.91 Å². The molecule has 0 aromatic heterocycles. The van der Waals surface area contributed by atoms with Crippen molar-refractivity contribution in [2.24, 2.45) is 5.92 Å². The Kier molecular flexibility index (Phi) is 6.72. The fourth-order valence-electron chi connectivity index (χ4n) is 2.20. The largest absolute Gasteiger partial charge is 0.481 e. The first kappa shape index (κ1) is 15.0. The van der Waals surface area contributed by atoms with E-state index in [1.54, 1.807) is 0 Å². The maximum Gasteiger partial charge on any atom is 0.303 e. The van der Waals surface area contributed by atoms with Gasteiger partial charge in [0.05, 0.1) is 0 Å². The van der Waals surface area contributed by atoms with Crippen molar-refractivity contribution in [2.75, 3.05) is 13.1 Å². The van der Waals surface area contributed by atoms with Crippen molar-refractivity contribution in [3.05, 3.63) is 0 Å². The van der Waals surface area contributed by atoms with Crippen molar-refractivity contribution >= 4 is 11.9 Å². The standard InChI is InChI=1S/C13H24N2O3/c1-10(4-5-13(17)18)6-8-15-12(16)9-11-3-2-7-14-11/h10-11,14H,2-9H2,1H3,(H,15,16)(H,17,18). The third-order valence-corrected chi connectivity index (χ3v) is 3.40. The number of hydrogen-bond donors (Lipinski definition) is 3. The summed E-state index contributed by atoms with van der Waals surface area (Å²) in [5.41, 5.74) is 0. The van der Waals surface area contributed by atoms with E-state index < -0.39 is 5.97 Å². The third kappa shape index (κ3) is 6.59. The minimum atomic E-state index is -0.752. The number of amides is 1. The van der Waals surface area contributed by atoms with E-state index in [1.807, 2.05) is 6.92 Å². The maximum atomic E-state index is 11.6. The summed E-state index contributed by atoms with van der Waals surface area (Å²) >= 11 is 0. The zero-order valence-electron chi connectivity index (χ0n) is 11.1. The van der Waals surface area contributed by atoms with Gasteiger partial charge in [-0.05, 0) is 38.1 Å². The average Bonchev–Trinajstić information content (AvgIpc) is 2.79. The number of carboxylic acids is 1. The first-order valence-corrected chi connectivity index (χ1v) is 6.80. The lowest BCUT2D eigenvalue weighted by atomic mass is 10.0. The van der Waals surface area contributed by atoms with Gasteiger partial charge in [-0.2, -0.15) is 0 Å². The summed E-state index contributed by atoms with van der Waals surface area (Å²) in [6.07, 6.45) is 4.53. The van der Waals surface area contributed by atoms with Gasteiger partial charge in [0.15, 0.2) is 0 Å². The van der Waals surface area contributed by atoms with Gasteiger partial charge < -0.3 is 15.7 Å². The molecule has 0 spiro atoms. The number of hydrogen-bond acceptors (Lipinski definition) is 3. The van der Waals surface area contributed by atoms with Crippen LogP contribution in [0.4, 0.5) is 0 Å². The fourth-order valence-corrected chi connectivity index (χ4v) is 2.20. The highest BCUT2D eigenvalue weighted by atomic mass is 16.4. The van der Waals surface area contributed by atoms with Crippen LogP contribution in [0.2, 0.25) is 0 Å². The van der Waals surface area contributed by atoms with Gasteiger partial charge in [-0.1, -0.05) is 6.92 Å². The molecule has 1 fully saturated rings. The van der Waals surface area contributed by atoms with Crippen LogP contribution in [0.5, 0.6) is 0 Å². The van der Waals surface area contributed by atoms with Gasteiger partial charge in [0.1, 0.15) is 0 Å². The Morgan fingerprint density at radius 1 is 1.44 bits per heavy atom. The van der Waals surface area contributed by atoms with E-state index in [1.165, 1.54) is 0 Å². The van der Waals surface area contributed by atoms with Gasteiger partial charge in [0.25, 0.3) is 0 Å². The van der Waals surface area contributed by atoms with Gasteiger partial charge in [0, 0.05) is 25.4 Å². The minimum Gasteiger partial charge on any atom is -0.481 e. The average molecular weight is 256 g/mol. The van der Waals surface area contributed by atoms with Crippen LogP contribution in [0.3, 0.4) is 0 Å². The van der Waals surface area contributed by atoms with E-state index in [0.717, 1.165) is 25.8 Å². The number of carbonyl (C=O) groups excluding carboxylic acids is 1. The molecule has 104 valence electrons. The van der Waals surface area contributed by atoms with Crippen molar-refractivity contribution in [3.63, 3.8) is 0 Å². The van der Waals surface area contributed by atoms with Crippen molar-refractivity contribution in [1.29, 1.82) is 0 Å². The molecule has 5 nitrogen and oxygen atoms in total. The normalized spacial score (nSPS) is 20.6. The summed E-state index contributed by atoms with van der Waals surface area (Å²) < 4.78 is 0. The molecule has 2 unspecified atom stereocenters. The number of nitrogens with one attached hydrogen (secondary N) is 2. The molecule has 1 saturated heterocycles. The predicted molar refractivity (Wildman–Crippen MR) is 69.3 cm³/mol. The van der Waals surface area contributed by atoms with Crippen molar-refractivity contribution in [2.45, 2.75) is 51.5 Å². The van der Waals surface area contributed by atoms with Crippen molar-refractivity contribution in [1.82, 2.24) is 10.6 Å². The zero-order valence-corrected chi connectivity index (χ0v) is 11.1. The number of rotatable bonds is 8. The molecular weight excluding hydrogens is 232 g/mol. The lowest BCUT2D eigenvalue weighted by molar-refractivity contribution is -0.137. The number of carbonyl (C=O) groups is 2. The Balaban J connectivity index is 2.02. The second-order valence-corrected chi connectivity index (χ2v) is 5.17. The van der Waals surface area contributed by atoms with Crippen LogP contribution >= 0.6 is 0 Å². The van der Waals surface area contributed by atoms with Gasteiger partial charge >= 0.3 is 5.97 Å². The predicted octanol–water partition coefficient (Wildman–Crippen LogP) is 1.14. The van der Waals surface area contributed by atoms with E-state index in [4.69, 9.17) is 5.11 Å². The summed E-state index contributed by atoms with van der Waals surface area (Å²) in [6, 6.07) is 0.342. The van der Waals surface area contributed by atoms with E-state index in [-0.39, 0.29) is 12.3 Å². The SMILES string of the molecule is CC(CCNC(=O)CC1CCCN1)CCC(=O)O. The fraction of sp³-hybridized carbons (Fsp3) is 0.846. The zero-order chi connectivity index (χ0) is 13.4. The van der Waals surface area contributed by atoms with Gasteiger partial charge in [-0.15, -0.1) is 0 Å². The van der Waals surface area contributed by atoms with Gasteiger partial charge in [-0.3, -0.25) is 9.59 Å². The Hall–Kier alpha value is -1.10. The number of aliphatic carboxylic acids is 1. The molecule has 0 radical (unpaired) electrons. The molecule has 0 aromatic rings. The highest BCUT2D eigenvalue weighted by Crippen LogP contribution is 2.10. The summed E-state index contributed by atoms with van der Waals surface area (Å²) in [4.78, 5) is 22.0. The van der Waals surface area contributed by atoms with Crippen LogP contribution in [0, 0.1) is 5.92 Å². The molecule has 2 atom stereocenters. The third-order valence-electron chi connectivity index (χ3n) is 3.40. The molecule has 0 aliphatic carbocycles. The molecule has 1 aliphatic rings. The van der Waals surface area contributed by atoms with Crippen LogP contribution in [-0.4, -0.2) is 36.1 Å². The summed E-state index contributed by atoms with van der Waals surface area (Å²) in [5, 5.41) is 14.8. The van der Waals surface area contributed by atoms with E-state index in [9.17, 15) is 9.59 Å². The Labute approximate surface area is 108 Å². The minimum absolute atomic E-state index is 0.0971. The molecule has 0 aromatic carbocycles. The van der Waals surface area contributed by atoms with E-state index >= 15 is 0 Å². The molecule has 1 rings (SSSR count). The topological polar surface area (TPSA) is 78.4 Å². The quantitative estimate of drug-likeness (QED) is 0.608.